The van der Waals surface area contributed by atoms with Crippen molar-refractivity contribution in [3.8, 4) is 0 Å². The van der Waals surface area contributed by atoms with Crippen LogP contribution in [0.1, 0.15) is 26.0 Å². The largest absolute Gasteiger partial charge is 0.469 e. The van der Waals surface area contributed by atoms with Crippen molar-refractivity contribution in [1.82, 2.24) is 25.1 Å². The second kappa shape index (κ2) is 12.3. The highest BCUT2D eigenvalue weighted by Gasteiger charge is 2.52. The lowest BCUT2D eigenvalue weighted by atomic mass is 9.98. The summed E-state index contributed by atoms with van der Waals surface area (Å²) >= 11 is 0. The van der Waals surface area contributed by atoms with Crippen molar-refractivity contribution in [2.24, 2.45) is 0 Å². The number of carbonyl (C=O) groups excluding carboxylic acids is 2. The molecule has 0 aromatic carbocycles. The van der Waals surface area contributed by atoms with E-state index < -0.39 is 42.0 Å². The van der Waals surface area contributed by atoms with E-state index in [1.54, 1.807) is 13.8 Å². The maximum atomic E-state index is 13.0. The molecule has 0 bridgehead atoms. The lowest BCUT2D eigenvalue weighted by Crippen LogP contribution is -2.57. The second-order valence-corrected chi connectivity index (χ2v) is 10.2. The molecular weight excluding hydrogens is 525 g/mol. The molecule has 3 saturated heterocycles. The van der Waals surface area contributed by atoms with Gasteiger partial charge in [0.25, 0.3) is 0 Å². The maximum Gasteiger partial charge on any atom is 0.434 e. The summed E-state index contributed by atoms with van der Waals surface area (Å²) in [5, 5.41) is 5.84. The van der Waals surface area contributed by atoms with Gasteiger partial charge in [-0.15, -0.1) is 0 Å². The van der Waals surface area contributed by atoms with Gasteiger partial charge in [-0.2, -0.15) is 13.2 Å². The van der Waals surface area contributed by atoms with Crippen LogP contribution in [0.3, 0.4) is 0 Å². The van der Waals surface area contributed by atoms with Crippen molar-refractivity contribution < 1.29 is 41.7 Å². The summed E-state index contributed by atoms with van der Waals surface area (Å²) in [6.45, 7) is 7.55. The van der Waals surface area contributed by atoms with Gasteiger partial charge in [-0.3, -0.25) is 19.5 Å². The van der Waals surface area contributed by atoms with E-state index in [9.17, 15) is 22.8 Å². The fourth-order valence-electron chi connectivity index (χ4n) is 4.89. The number of nitrogens with zero attached hydrogens (tertiary/aromatic N) is 4. The van der Waals surface area contributed by atoms with Crippen LogP contribution in [0.15, 0.2) is 12.4 Å². The van der Waals surface area contributed by atoms with Crippen LogP contribution in [-0.4, -0.2) is 121 Å². The molecular formula is C24H35F3N6O6. The van der Waals surface area contributed by atoms with Crippen LogP contribution in [0.25, 0.3) is 0 Å². The van der Waals surface area contributed by atoms with Gasteiger partial charge in [0.15, 0.2) is 11.5 Å². The summed E-state index contributed by atoms with van der Waals surface area (Å²) in [7, 11) is 1.37. The van der Waals surface area contributed by atoms with Crippen LogP contribution in [0, 0.1) is 0 Å². The molecule has 2 N–H and O–H groups in total. The predicted octanol–water partition coefficient (Wildman–Crippen LogP) is 0.492. The van der Waals surface area contributed by atoms with Crippen LogP contribution in [0.2, 0.25) is 0 Å². The van der Waals surface area contributed by atoms with Gasteiger partial charge in [-0.05, 0) is 13.8 Å². The molecule has 218 valence electrons. The van der Waals surface area contributed by atoms with Crippen LogP contribution < -0.4 is 10.6 Å². The van der Waals surface area contributed by atoms with Crippen molar-refractivity contribution in [1.29, 1.82) is 0 Å². The molecule has 15 heteroatoms. The summed E-state index contributed by atoms with van der Waals surface area (Å²) < 4.78 is 61.9. The number of anilines is 1. The third kappa shape index (κ3) is 7.97. The standard InChI is InChI=1S/C24H35F3N6O6/c1-23(2)38-21-15(30-18-12-28-11-17(31-18)24(25,26)27)14-37-16(22(21)39-23)10-29-19(34)13-33-8-6-32(7-9-33)5-4-20(35)36-3/h11-12,15-16,21-22H,4-10,13-14H2,1-3H3,(H,29,34)(H,30,31)/t15-,16+,21+,22-/m0/s1. The smallest absolute Gasteiger partial charge is 0.434 e. The van der Waals surface area contributed by atoms with Gasteiger partial charge in [0.05, 0.1) is 45.1 Å². The number of aromatic nitrogens is 2. The van der Waals surface area contributed by atoms with E-state index in [1.807, 2.05) is 4.90 Å². The molecule has 3 aliphatic heterocycles. The molecule has 1 aromatic rings. The minimum absolute atomic E-state index is 0.0531. The zero-order chi connectivity index (χ0) is 28.2. The SMILES string of the molecule is COC(=O)CCN1CCN(CC(=O)NC[C@H]2OC[C@H](Nc3cncc(C(F)(F)F)n3)[C@H]3OC(C)(C)O[C@H]32)CC1. The summed E-state index contributed by atoms with van der Waals surface area (Å²) in [4.78, 5) is 35.4. The van der Waals surface area contributed by atoms with E-state index in [1.165, 1.54) is 13.3 Å². The summed E-state index contributed by atoms with van der Waals surface area (Å²) in [6.07, 6.45) is -4.04. The number of methoxy groups -OCH3 is 1. The Bertz CT molecular complexity index is 1010. The second-order valence-electron chi connectivity index (χ2n) is 10.2. The number of hydrogen-bond acceptors (Lipinski definition) is 11. The number of amides is 1. The quantitative estimate of drug-likeness (QED) is 0.410. The Hall–Kier alpha value is -2.59. The molecule has 4 heterocycles. The van der Waals surface area contributed by atoms with Crippen molar-refractivity contribution >= 4 is 17.7 Å². The Labute approximate surface area is 224 Å². The van der Waals surface area contributed by atoms with Gasteiger partial charge in [0.2, 0.25) is 5.91 Å². The number of alkyl halides is 3. The molecule has 3 fully saturated rings. The topological polar surface area (TPSA) is 127 Å². The molecule has 4 atom stereocenters. The zero-order valence-corrected chi connectivity index (χ0v) is 22.2. The van der Waals surface area contributed by atoms with Crippen LogP contribution in [0.4, 0.5) is 19.0 Å². The molecule has 39 heavy (non-hydrogen) atoms. The third-order valence-corrected chi connectivity index (χ3v) is 6.87. The molecule has 0 saturated carbocycles. The summed E-state index contributed by atoms with van der Waals surface area (Å²) in [5.74, 6) is -1.40. The lowest BCUT2D eigenvalue weighted by Gasteiger charge is -2.38. The van der Waals surface area contributed by atoms with E-state index in [0.717, 1.165) is 13.1 Å². The van der Waals surface area contributed by atoms with Crippen LogP contribution >= 0.6 is 0 Å². The van der Waals surface area contributed by atoms with Crippen molar-refractivity contribution in [3.05, 3.63) is 18.1 Å². The number of nitrogens with one attached hydrogen (secondary N) is 2. The highest BCUT2D eigenvalue weighted by atomic mass is 19.4. The molecule has 12 nitrogen and oxygen atoms in total. The van der Waals surface area contributed by atoms with Gasteiger partial charge in [-0.25, -0.2) is 4.98 Å². The van der Waals surface area contributed by atoms with Crippen LogP contribution in [-0.2, 0) is 34.7 Å². The van der Waals surface area contributed by atoms with Gasteiger partial charge in [0, 0.05) is 39.3 Å². The van der Waals surface area contributed by atoms with Crippen molar-refractivity contribution in [2.75, 3.05) is 64.8 Å². The lowest BCUT2D eigenvalue weighted by molar-refractivity contribution is -0.153. The van der Waals surface area contributed by atoms with Gasteiger partial charge in [-0.1, -0.05) is 0 Å². The third-order valence-electron chi connectivity index (χ3n) is 6.87. The first-order chi connectivity index (χ1) is 18.4. The highest BCUT2D eigenvalue weighted by Crippen LogP contribution is 2.36. The average molecular weight is 561 g/mol. The number of hydrogen-bond donors (Lipinski definition) is 2. The number of ether oxygens (including phenoxy) is 4. The summed E-state index contributed by atoms with van der Waals surface area (Å²) in [6, 6.07) is -0.544. The average Bonchev–Trinajstić information content (AvgIpc) is 3.23. The molecule has 0 radical (unpaired) electrons. The molecule has 1 amide bonds. The number of esters is 1. The molecule has 1 aromatic heterocycles. The first-order valence-electron chi connectivity index (χ1n) is 12.8. The van der Waals surface area contributed by atoms with E-state index >= 15 is 0 Å². The molecule has 0 spiro atoms. The highest BCUT2D eigenvalue weighted by molar-refractivity contribution is 5.78. The van der Waals surface area contributed by atoms with Crippen molar-refractivity contribution in [3.63, 3.8) is 0 Å². The number of piperazine rings is 1. The van der Waals surface area contributed by atoms with E-state index in [-0.39, 0.29) is 37.4 Å². The first kappa shape index (κ1) is 29.4. The number of carbonyl (C=O) groups is 2. The Morgan fingerprint density at radius 2 is 1.82 bits per heavy atom. The molecule has 0 unspecified atom stereocenters. The molecule has 3 aliphatic rings. The van der Waals surface area contributed by atoms with E-state index in [2.05, 4.69) is 30.2 Å². The Morgan fingerprint density at radius 1 is 1.13 bits per heavy atom. The minimum Gasteiger partial charge on any atom is -0.469 e. The van der Waals surface area contributed by atoms with Gasteiger partial charge in [0.1, 0.15) is 24.1 Å². The monoisotopic (exact) mass is 560 g/mol. The number of rotatable bonds is 9. The number of halogens is 3. The molecule has 4 rings (SSSR count). The predicted molar refractivity (Wildman–Crippen MR) is 131 cm³/mol. The van der Waals surface area contributed by atoms with Gasteiger partial charge < -0.3 is 34.5 Å². The zero-order valence-electron chi connectivity index (χ0n) is 22.2. The molecule has 0 aliphatic carbocycles. The number of fused-ring (bicyclic) bond motifs is 1. The fourth-order valence-corrected chi connectivity index (χ4v) is 4.89. The first-order valence-corrected chi connectivity index (χ1v) is 12.8. The Morgan fingerprint density at radius 3 is 2.51 bits per heavy atom. The van der Waals surface area contributed by atoms with Crippen LogP contribution in [0.5, 0.6) is 0 Å². The Kier molecular flexibility index (Phi) is 9.26. The normalized spacial score (nSPS) is 27.5. The minimum atomic E-state index is -4.62. The van der Waals surface area contributed by atoms with Crippen molar-refractivity contribution in [2.45, 2.75) is 56.6 Å². The summed E-state index contributed by atoms with van der Waals surface area (Å²) in [5.41, 5.74) is -1.10. The van der Waals surface area contributed by atoms with E-state index in [4.69, 9.17) is 14.2 Å². The van der Waals surface area contributed by atoms with Gasteiger partial charge >= 0.3 is 12.1 Å². The van der Waals surface area contributed by atoms with E-state index in [0.29, 0.717) is 32.3 Å². The Balaban J connectivity index is 1.26. The fraction of sp³-hybridized carbons (Fsp3) is 0.750. The maximum absolute atomic E-state index is 13.0.